The van der Waals surface area contributed by atoms with Crippen LogP contribution in [0.5, 0.6) is 0 Å². The summed E-state index contributed by atoms with van der Waals surface area (Å²) in [5.41, 5.74) is 5.31. The van der Waals surface area contributed by atoms with Crippen molar-refractivity contribution < 1.29 is 14.0 Å². The summed E-state index contributed by atoms with van der Waals surface area (Å²) in [6.07, 6.45) is 1.97. The lowest BCUT2D eigenvalue weighted by molar-refractivity contribution is 0.0923. The maximum absolute atomic E-state index is 12.9. The van der Waals surface area contributed by atoms with E-state index in [4.69, 9.17) is 9.52 Å². The van der Waals surface area contributed by atoms with Gasteiger partial charge in [-0.2, -0.15) is 5.10 Å². The number of hydrogen-bond acceptors (Lipinski definition) is 4. The molecule has 0 saturated heterocycles. The maximum Gasteiger partial charge on any atom is 0.287 e. The summed E-state index contributed by atoms with van der Waals surface area (Å²) in [4.78, 5) is 24.4. The number of carbonyl (C=O) groups is 2. The van der Waals surface area contributed by atoms with E-state index >= 15 is 0 Å². The predicted molar refractivity (Wildman–Crippen MR) is 139 cm³/mol. The van der Waals surface area contributed by atoms with Gasteiger partial charge in [0.2, 0.25) is 0 Å². The van der Waals surface area contributed by atoms with Crippen LogP contribution < -0.4 is 5.32 Å². The third kappa shape index (κ3) is 5.18. The number of rotatable bonds is 8. The van der Waals surface area contributed by atoms with Crippen molar-refractivity contribution in [3.8, 4) is 22.6 Å². The minimum absolute atomic E-state index is 0.00280. The molecule has 5 aromatic rings. The number of carbonyl (C=O) groups excluding carboxylic acids is 2. The first kappa shape index (κ1) is 23.1. The van der Waals surface area contributed by atoms with Gasteiger partial charge >= 0.3 is 0 Å². The zero-order valence-electron chi connectivity index (χ0n) is 19.8. The van der Waals surface area contributed by atoms with Crippen molar-refractivity contribution in [3.05, 3.63) is 126 Å². The lowest BCUT2D eigenvalue weighted by atomic mass is 10.1. The van der Waals surface area contributed by atoms with Gasteiger partial charge in [-0.3, -0.25) is 14.3 Å². The average molecular weight is 476 g/mol. The molecule has 0 atom stereocenters. The van der Waals surface area contributed by atoms with Gasteiger partial charge in [-0.1, -0.05) is 84.9 Å². The highest BCUT2D eigenvalue weighted by molar-refractivity contribution is 5.94. The normalized spacial score (nSPS) is 10.8. The Balaban J connectivity index is 1.32. The number of furan rings is 1. The minimum atomic E-state index is -0.309. The third-order valence-electron chi connectivity index (χ3n) is 5.92. The highest BCUT2D eigenvalue weighted by Crippen LogP contribution is 2.24. The van der Waals surface area contributed by atoms with Gasteiger partial charge in [0.25, 0.3) is 5.91 Å². The van der Waals surface area contributed by atoms with Crippen molar-refractivity contribution in [3.63, 3.8) is 0 Å². The Hall–Kier alpha value is -4.71. The first-order valence-corrected chi connectivity index (χ1v) is 11.7. The number of ketones is 1. The first-order chi connectivity index (χ1) is 17.6. The molecule has 0 bridgehead atoms. The Labute approximate surface area is 209 Å². The molecule has 0 unspecified atom stereocenters. The molecule has 0 radical (unpaired) electrons. The van der Waals surface area contributed by atoms with Gasteiger partial charge in [-0.15, -0.1) is 0 Å². The molecular weight excluding hydrogens is 450 g/mol. The van der Waals surface area contributed by atoms with Crippen LogP contribution in [0, 0.1) is 0 Å². The van der Waals surface area contributed by atoms with E-state index in [1.54, 1.807) is 24.3 Å². The number of benzene rings is 3. The van der Waals surface area contributed by atoms with E-state index in [0.29, 0.717) is 24.4 Å². The van der Waals surface area contributed by atoms with Crippen LogP contribution in [0.25, 0.3) is 22.6 Å². The SMILES string of the molecule is CC(=O)c1ccc(-c2ccc(C(=O)NCc3cn(Cc4ccccc4)nc3-c3ccccc3)o2)cc1. The molecular formula is C30H25N3O3. The number of aromatic nitrogens is 2. The predicted octanol–water partition coefficient (Wildman–Crippen LogP) is 5.99. The summed E-state index contributed by atoms with van der Waals surface area (Å²) in [7, 11) is 0. The molecule has 0 aliphatic heterocycles. The second-order valence-electron chi connectivity index (χ2n) is 8.53. The van der Waals surface area contributed by atoms with E-state index in [-0.39, 0.29) is 17.5 Å². The Bertz CT molecular complexity index is 1480. The summed E-state index contributed by atoms with van der Waals surface area (Å²) >= 11 is 0. The molecule has 0 saturated carbocycles. The number of amides is 1. The highest BCUT2D eigenvalue weighted by atomic mass is 16.3. The number of nitrogens with zero attached hydrogens (tertiary/aromatic N) is 2. The fourth-order valence-corrected chi connectivity index (χ4v) is 4.03. The van der Waals surface area contributed by atoms with Crippen LogP contribution in [0.2, 0.25) is 0 Å². The fourth-order valence-electron chi connectivity index (χ4n) is 4.03. The second kappa shape index (κ2) is 10.3. The molecule has 3 aromatic carbocycles. The molecule has 1 amide bonds. The Morgan fingerprint density at radius 1 is 0.833 bits per heavy atom. The van der Waals surface area contributed by atoms with Crippen LogP contribution in [-0.4, -0.2) is 21.5 Å². The van der Waals surface area contributed by atoms with Crippen molar-refractivity contribution in [1.82, 2.24) is 15.1 Å². The summed E-state index contributed by atoms with van der Waals surface area (Å²) < 4.78 is 7.70. The number of Topliss-reactive ketones (excluding diaryl/α,β-unsaturated/α-hetero) is 1. The summed E-state index contributed by atoms with van der Waals surface area (Å²) in [6.45, 7) is 2.47. The Morgan fingerprint density at radius 2 is 1.53 bits per heavy atom. The smallest absolute Gasteiger partial charge is 0.287 e. The van der Waals surface area contributed by atoms with Crippen LogP contribution in [0.15, 0.2) is 108 Å². The molecule has 36 heavy (non-hydrogen) atoms. The largest absolute Gasteiger partial charge is 0.451 e. The topological polar surface area (TPSA) is 77.1 Å². The van der Waals surface area contributed by atoms with E-state index in [2.05, 4.69) is 17.4 Å². The highest BCUT2D eigenvalue weighted by Gasteiger charge is 2.16. The molecule has 5 rings (SSSR count). The van der Waals surface area contributed by atoms with Crippen LogP contribution in [0.3, 0.4) is 0 Å². The van der Waals surface area contributed by atoms with Crippen molar-refractivity contribution in [2.24, 2.45) is 0 Å². The van der Waals surface area contributed by atoms with Gasteiger partial charge in [0.05, 0.1) is 12.2 Å². The molecule has 6 nitrogen and oxygen atoms in total. The van der Waals surface area contributed by atoms with Crippen molar-refractivity contribution in [2.75, 3.05) is 0 Å². The molecule has 6 heteroatoms. The van der Waals surface area contributed by atoms with Gasteiger partial charge in [-0.05, 0) is 24.6 Å². The summed E-state index contributed by atoms with van der Waals surface area (Å²) in [5.74, 6) is 0.481. The first-order valence-electron chi connectivity index (χ1n) is 11.7. The standard InChI is InChI=1S/C30H25N3O3/c1-21(34)23-12-14-24(15-13-23)27-16-17-28(36-27)30(35)31-18-26-20-33(19-22-8-4-2-5-9-22)32-29(26)25-10-6-3-7-11-25/h2-17,20H,18-19H2,1H3,(H,31,35). The molecule has 178 valence electrons. The molecule has 0 spiro atoms. The van der Waals surface area contributed by atoms with Gasteiger partial charge < -0.3 is 9.73 Å². The van der Waals surface area contributed by atoms with E-state index in [1.807, 2.05) is 71.5 Å². The zero-order valence-corrected chi connectivity index (χ0v) is 19.8. The molecule has 2 heterocycles. The van der Waals surface area contributed by atoms with E-state index in [1.165, 1.54) is 6.92 Å². The van der Waals surface area contributed by atoms with E-state index in [0.717, 1.165) is 27.9 Å². The van der Waals surface area contributed by atoms with Crippen LogP contribution >= 0.6 is 0 Å². The number of nitrogens with one attached hydrogen (secondary N) is 1. The Morgan fingerprint density at radius 3 is 2.22 bits per heavy atom. The van der Waals surface area contributed by atoms with E-state index in [9.17, 15) is 9.59 Å². The lowest BCUT2D eigenvalue weighted by Gasteiger charge is -2.04. The van der Waals surface area contributed by atoms with Crippen molar-refractivity contribution in [1.29, 1.82) is 0 Å². The average Bonchev–Trinajstić information content (AvgIpc) is 3.56. The van der Waals surface area contributed by atoms with Crippen LogP contribution in [0.4, 0.5) is 0 Å². The molecule has 0 aliphatic carbocycles. The van der Waals surface area contributed by atoms with Crippen LogP contribution in [-0.2, 0) is 13.1 Å². The number of hydrogen-bond donors (Lipinski definition) is 1. The monoisotopic (exact) mass is 475 g/mol. The summed E-state index contributed by atoms with van der Waals surface area (Å²) in [6, 6.07) is 30.6. The second-order valence-corrected chi connectivity index (χ2v) is 8.53. The zero-order chi connectivity index (χ0) is 24.9. The van der Waals surface area contributed by atoms with Gasteiger partial charge in [0, 0.05) is 35.0 Å². The molecule has 0 fully saturated rings. The molecule has 0 aliphatic rings. The molecule has 2 aromatic heterocycles. The van der Waals surface area contributed by atoms with Crippen molar-refractivity contribution >= 4 is 11.7 Å². The van der Waals surface area contributed by atoms with Gasteiger partial charge in [0.1, 0.15) is 5.76 Å². The minimum Gasteiger partial charge on any atom is -0.451 e. The third-order valence-corrected chi connectivity index (χ3v) is 5.92. The molecule has 1 N–H and O–H groups in total. The van der Waals surface area contributed by atoms with Gasteiger partial charge in [0.15, 0.2) is 11.5 Å². The summed E-state index contributed by atoms with van der Waals surface area (Å²) in [5, 5.41) is 7.77. The lowest BCUT2D eigenvalue weighted by Crippen LogP contribution is -2.22. The van der Waals surface area contributed by atoms with Crippen molar-refractivity contribution in [2.45, 2.75) is 20.0 Å². The van der Waals surface area contributed by atoms with E-state index < -0.39 is 0 Å². The quantitative estimate of drug-likeness (QED) is 0.280. The maximum atomic E-state index is 12.9. The van der Waals surface area contributed by atoms with Crippen LogP contribution in [0.1, 0.15) is 39.0 Å². The van der Waals surface area contributed by atoms with Gasteiger partial charge in [-0.25, -0.2) is 0 Å². The Kier molecular flexibility index (Phi) is 6.58. The fraction of sp³-hybridized carbons (Fsp3) is 0.100.